The summed E-state index contributed by atoms with van der Waals surface area (Å²) < 4.78 is 15.5. The highest BCUT2D eigenvalue weighted by atomic mass is 19.1. The minimum Gasteiger partial charge on any atom is -0.323 e. The number of anilines is 1. The maximum atomic E-state index is 13.6. The van der Waals surface area contributed by atoms with Gasteiger partial charge in [0.15, 0.2) is 5.65 Å². The highest BCUT2D eigenvalue weighted by Gasteiger charge is 2.11. The van der Waals surface area contributed by atoms with Gasteiger partial charge in [0.05, 0.1) is 11.4 Å². The quantitative estimate of drug-likeness (QED) is 0.799. The summed E-state index contributed by atoms with van der Waals surface area (Å²) in [4.78, 5) is 16.6. The highest BCUT2D eigenvalue weighted by Crippen LogP contribution is 2.19. The van der Waals surface area contributed by atoms with Crippen LogP contribution in [0.3, 0.4) is 0 Å². The van der Waals surface area contributed by atoms with E-state index in [4.69, 9.17) is 0 Å². The lowest BCUT2D eigenvalue weighted by Crippen LogP contribution is -2.13. The van der Waals surface area contributed by atoms with Gasteiger partial charge in [-0.3, -0.25) is 4.79 Å². The van der Waals surface area contributed by atoms with Crippen LogP contribution in [-0.4, -0.2) is 15.3 Å². The molecular weight excluding hydrogens is 293 g/mol. The fourth-order valence-electron chi connectivity index (χ4n) is 2.56. The summed E-state index contributed by atoms with van der Waals surface area (Å²) >= 11 is 0. The molecule has 0 spiro atoms. The molecule has 1 aromatic carbocycles. The van der Waals surface area contributed by atoms with E-state index in [-0.39, 0.29) is 18.1 Å². The van der Waals surface area contributed by atoms with Crippen molar-refractivity contribution >= 4 is 17.2 Å². The minimum atomic E-state index is -0.276. The maximum Gasteiger partial charge on any atom is 0.224 e. The van der Waals surface area contributed by atoms with Gasteiger partial charge in [0.2, 0.25) is 5.91 Å². The first-order valence-corrected chi connectivity index (χ1v) is 7.54. The van der Waals surface area contributed by atoms with Gasteiger partial charge in [-0.2, -0.15) is 0 Å². The van der Waals surface area contributed by atoms with Gasteiger partial charge >= 0.3 is 0 Å². The number of rotatable bonds is 4. The van der Waals surface area contributed by atoms with Gasteiger partial charge in [-0.05, 0) is 44.0 Å². The Morgan fingerprint density at radius 1 is 1.22 bits per heavy atom. The zero-order valence-corrected chi connectivity index (χ0v) is 13.1. The predicted molar refractivity (Wildman–Crippen MR) is 88.0 cm³/mol. The summed E-state index contributed by atoms with van der Waals surface area (Å²) in [7, 11) is 0. The first-order valence-electron chi connectivity index (χ1n) is 7.54. The lowest BCUT2D eigenvalue weighted by molar-refractivity contribution is -0.116. The van der Waals surface area contributed by atoms with E-state index >= 15 is 0 Å². The molecule has 0 aliphatic carbocycles. The van der Waals surface area contributed by atoms with Crippen LogP contribution in [0.4, 0.5) is 10.1 Å². The van der Waals surface area contributed by atoms with Gasteiger partial charge in [-0.25, -0.2) is 9.37 Å². The van der Waals surface area contributed by atoms with E-state index in [0.29, 0.717) is 17.7 Å². The molecule has 0 saturated carbocycles. The molecule has 0 aliphatic heterocycles. The molecular formula is C18H18FN3O. The van der Waals surface area contributed by atoms with Crippen LogP contribution in [0.15, 0.2) is 42.6 Å². The molecule has 0 radical (unpaired) electrons. The Morgan fingerprint density at radius 2 is 2.00 bits per heavy atom. The second-order valence-corrected chi connectivity index (χ2v) is 5.54. The second-order valence-electron chi connectivity index (χ2n) is 5.54. The Bertz CT molecular complexity index is 870. The summed E-state index contributed by atoms with van der Waals surface area (Å²) in [5, 5.41) is 2.87. The summed E-state index contributed by atoms with van der Waals surface area (Å²) in [6, 6.07) is 10.2. The number of carbonyl (C=O) groups excluding carboxylic acids is 1. The van der Waals surface area contributed by atoms with Crippen LogP contribution in [0.5, 0.6) is 0 Å². The van der Waals surface area contributed by atoms with Crippen molar-refractivity contribution in [3.8, 4) is 0 Å². The van der Waals surface area contributed by atoms with E-state index in [1.165, 1.54) is 6.07 Å². The summed E-state index contributed by atoms with van der Waals surface area (Å²) in [6.07, 6.45) is 2.51. The smallest absolute Gasteiger partial charge is 0.224 e. The molecule has 0 saturated heterocycles. The summed E-state index contributed by atoms with van der Waals surface area (Å²) in [5.74, 6) is -0.429. The molecule has 1 amide bonds. The van der Waals surface area contributed by atoms with Crippen LogP contribution >= 0.6 is 0 Å². The van der Waals surface area contributed by atoms with E-state index in [1.807, 2.05) is 36.6 Å². The number of carbonyl (C=O) groups is 1. The molecule has 3 rings (SSSR count). The molecule has 0 bridgehead atoms. The van der Waals surface area contributed by atoms with E-state index in [2.05, 4.69) is 10.3 Å². The Hall–Kier alpha value is -2.69. The molecule has 0 unspecified atom stereocenters. The van der Waals surface area contributed by atoms with Gasteiger partial charge in [0, 0.05) is 18.3 Å². The lowest BCUT2D eigenvalue weighted by Gasteiger charge is -2.07. The monoisotopic (exact) mass is 311 g/mol. The van der Waals surface area contributed by atoms with E-state index in [0.717, 1.165) is 17.0 Å². The van der Waals surface area contributed by atoms with Gasteiger partial charge in [0.1, 0.15) is 5.82 Å². The maximum absolute atomic E-state index is 13.6. The zero-order valence-electron chi connectivity index (χ0n) is 13.1. The second kappa shape index (κ2) is 6.20. The number of aryl methyl sites for hydroxylation is 3. The van der Waals surface area contributed by atoms with Gasteiger partial charge in [-0.1, -0.05) is 18.2 Å². The number of aromatic nitrogens is 2. The third-order valence-corrected chi connectivity index (χ3v) is 3.98. The Balaban J connectivity index is 1.73. The van der Waals surface area contributed by atoms with Crippen molar-refractivity contribution in [3.63, 3.8) is 0 Å². The number of nitrogens with zero attached hydrogens (tertiary/aromatic N) is 2. The number of pyridine rings is 1. The molecule has 0 fully saturated rings. The molecule has 0 aliphatic rings. The summed E-state index contributed by atoms with van der Waals surface area (Å²) in [5.41, 5.74) is 3.91. The van der Waals surface area contributed by atoms with E-state index in [1.54, 1.807) is 18.2 Å². The molecule has 1 N–H and O–H groups in total. The van der Waals surface area contributed by atoms with E-state index < -0.39 is 0 Å². The van der Waals surface area contributed by atoms with Crippen LogP contribution in [0.1, 0.15) is 23.4 Å². The first kappa shape index (κ1) is 15.2. The van der Waals surface area contributed by atoms with Crippen molar-refractivity contribution in [1.82, 2.24) is 9.38 Å². The molecule has 4 nitrogen and oxygen atoms in total. The van der Waals surface area contributed by atoms with Crippen molar-refractivity contribution in [2.45, 2.75) is 26.7 Å². The average molecular weight is 311 g/mol. The highest BCUT2D eigenvalue weighted by molar-refractivity contribution is 5.94. The third kappa shape index (κ3) is 3.08. The molecule has 2 heterocycles. The van der Waals surface area contributed by atoms with Gasteiger partial charge < -0.3 is 9.72 Å². The SMILES string of the molecule is Cc1nc2c(NC(=O)CCc3ccccc3F)cccn2c1C. The lowest BCUT2D eigenvalue weighted by atomic mass is 10.1. The fourth-order valence-corrected chi connectivity index (χ4v) is 2.56. The largest absolute Gasteiger partial charge is 0.323 e. The predicted octanol–water partition coefficient (Wildman–Crippen LogP) is 3.66. The standard InChI is InChI=1S/C18H18FN3O/c1-12-13(2)22-11-5-8-16(18(22)20-12)21-17(23)10-9-14-6-3-4-7-15(14)19/h3-8,11H,9-10H2,1-2H3,(H,21,23). The minimum absolute atomic E-state index is 0.153. The molecule has 23 heavy (non-hydrogen) atoms. The first-order chi connectivity index (χ1) is 11.1. The van der Waals surface area contributed by atoms with Crippen LogP contribution in [0, 0.1) is 19.7 Å². The number of amides is 1. The van der Waals surface area contributed by atoms with Crippen LogP contribution in [0.2, 0.25) is 0 Å². The van der Waals surface area contributed by atoms with Crippen LogP contribution in [-0.2, 0) is 11.2 Å². The topological polar surface area (TPSA) is 46.4 Å². The van der Waals surface area contributed by atoms with Crippen molar-refractivity contribution < 1.29 is 9.18 Å². The molecule has 5 heteroatoms. The number of nitrogens with one attached hydrogen (secondary N) is 1. The number of imidazole rings is 1. The molecule has 2 aromatic heterocycles. The van der Waals surface area contributed by atoms with E-state index in [9.17, 15) is 9.18 Å². The number of hydrogen-bond acceptors (Lipinski definition) is 2. The number of fused-ring (bicyclic) bond motifs is 1. The van der Waals surface area contributed by atoms with Gasteiger partial charge in [-0.15, -0.1) is 0 Å². The van der Waals surface area contributed by atoms with Crippen LogP contribution in [0.25, 0.3) is 5.65 Å². The third-order valence-electron chi connectivity index (χ3n) is 3.98. The molecule has 0 atom stereocenters. The molecule has 3 aromatic rings. The summed E-state index contributed by atoms with van der Waals surface area (Å²) in [6.45, 7) is 3.92. The fraction of sp³-hybridized carbons (Fsp3) is 0.222. The number of benzene rings is 1. The Morgan fingerprint density at radius 3 is 2.78 bits per heavy atom. The van der Waals surface area contributed by atoms with Crippen molar-refractivity contribution in [1.29, 1.82) is 0 Å². The molecule has 118 valence electrons. The Labute approximate surface area is 134 Å². The van der Waals surface area contributed by atoms with Crippen LogP contribution < -0.4 is 5.32 Å². The normalized spacial score (nSPS) is 10.9. The van der Waals surface area contributed by atoms with Crippen molar-refractivity contribution in [2.24, 2.45) is 0 Å². The van der Waals surface area contributed by atoms with Gasteiger partial charge in [0.25, 0.3) is 0 Å². The van der Waals surface area contributed by atoms with Crippen molar-refractivity contribution in [2.75, 3.05) is 5.32 Å². The van der Waals surface area contributed by atoms with Crippen molar-refractivity contribution in [3.05, 3.63) is 65.4 Å². The zero-order chi connectivity index (χ0) is 16.4. The average Bonchev–Trinajstić information content (AvgIpc) is 2.83. The number of halogens is 1. The number of hydrogen-bond donors (Lipinski definition) is 1. The Kier molecular flexibility index (Phi) is 4.10.